The van der Waals surface area contributed by atoms with Crippen LogP contribution in [-0.2, 0) is 11.8 Å². The minimum absolute atomic E-state index is 0.0169. The van der Waals surface area contributed by atoms with Crippen LogP contribution in [0.15, 0.2) is 90.1 Å². The van der Waals surface area contributed by atoms with Gasteiger partial charge in [-0.1, -0.05) is 90.8 Å². The monoisotopic (exact) mass is 414 g/mol. The topological polar surface area (TPSA) is 24.9 Å². The fourth-order valence-corrected chi connectivity index (χ4v) is 7.42. The number of hydrogen-bond donors (Lipinski definition) is 1. The van der Waals surface area contributed by atoms with E-state index >= 15 is 0 Å². The predicted octanol–water partition coefficient (Wildman–Crippen LogP) is 4.18. The third-order valence-corrected chi connectivity index (χ3v) is 9.52. The minimum atomic E-state index is -2.17. The molecule has 0 fully saturated rings. The maximum Gasteiger partial charge on any atom is 0.0960 e. The lowest BCUT2D eigenvalue weighted by Crippen LogP contribution is -2.37. The van der Waals surface area contributed by atoms with Gasteiger partial charge in [-0.25, -0.2) is 4.98 Å². The fraction of sp³-hybridized carbons (Fsp3) is 0.100. The summed E-state index contributed by atoms with van der Waals surface area (Å²) >= 11 is 13.2. The van der Waals surface area contributed by atoms with Crippen molar-refractivity contribution in [3.63, 3.8) is 0 Å². The molecule has 1 atom stereocenters. The highest BCUT2D eigenvalue weighted by atomic mass is 32.4. The highest BCUT2D eigenvalue weighted by Gasteiger charge is 2.24. The standard InChI is InChI=1S/C20H19N2PS3/c24-15-17(16-26-20-13-7-8-14-21-20)22-23(25,18-9-3-1-4-10-18)19-11-5-2-6-12-19/h1-15,17H,16H2,(H,22,25). The van der Waals surface area contributed by atoms with E-state index < -0.39 is 6.19 Å². The number of aromatic nitrogens is 1. The van der Waals surface area contributed by atoms with Crippen LogP contribution in [0.5, 0.6) is 0 Å². The molecule has 2 aromatic carbocycles. The van der Waals surface area contributed by atoms with Crippen molar-refractivity contribution >= 4 is 58.0 Å². The first-order valence-electron chi connectivity index (χ1n) is 8.20. The Labute approximate surface area is 169 Å². The van der Waals surface area contributed by atoms with E-state index in [9.17, 15) is 0 Å². The van der Waals surface area contributed by atoms with E-state index in [1.807, 2.05) is 54.6 Å². The van der Waals surface area contributed by atoms with Gasteiger partial charge in [-0.15, -0.1) is 11.8 Å². The van der Waals surface area contributed by atoms with Crippen LogP contribution in [0.2, 0.25) is 0 Å². The third-order valence-electron chi connectivity index (χ3n) is 3.80. The van der Waals surface area contributed by atoms with Crippen molar-refractivity contribution in [3.8, 4) is 0 Å². The van der Waals surface area contributed by atoms with Gasteiger partial charge in [-0.05, 0) is 17.5 Å². The van der Waals surface area contributed by atoms with Crippen LogP contribution in [0, 0.1) is 0 Å². The molecule has 0 aliphatic carbocycles. The SMILES string of the molecule is S=CC(CSc1ccccn1)NP(=S)(c1ccccc1)c1ccccc1. The van der Waals surface area contributed by atoms with E-state index in [0.29, 0.717) is 0 Å². The molecule has 1 aromatic heterocycles. The minimum Gasteiger partial charge on any atom is -0.274 e. The van der Waals surface area contributed by atoms with Crippen LogP contribution in [0.3, 0.4) is 0 Å². The molecule has 6 heteroatoms. The van der Waals surface area contributed by atoms with E-state index in [0.717, 1.165) is 21.4 Å². The molecule has 132 valence electrons. The first kappa shape index (κ1) is 19.4. The normalized spacial score (nSPS) is 12.5. The molecule has 26 heavy (non-hydrogen) atoms. The van der Waals surface area contributed by atoms with Gasteiger partial charge < -0.3 is 0 Å². The number of thiocarbonyl (C=S) groups is 1. The summed E-state index contributed by atoms with van der Waals surface area (Å²) in [5.74, 6) is 0.790. The number of benzene rings is 2. The van der Waals surface area contributed by atoms with Gasteiger partial charge in [-0.2, -0.15) is 0 Å². The van der Waals surface area contributed by atoms with Crippen LogP contribution in [0.1, 0.15) is 0 Å². The lowest BCUT2D eigenvalue weighted by atomic mass is 10.4. The van der Waals surface area contributed by atoms with E-state index in [4.69, 9.17) is 24.0 Å². The van der Waals surface area contributed by atoms with Gasteiger partial charge in [0.2, 0.25) is 0 Å². The van der Waals surface area contributed by atoms with Gasteiger partial charge in [0, 0.05) is 28.6 Å². The van der Waals surface area contributed by atoms with Crippen LogP contribution in [0.4, 0.5) is 0 Å². The van der Waals surface area contributed by atoms with Crippen LogP contribution < -0.4 is 15.7 Å². The molecule has 0 saturated carbocycles. The second-order valence-electron chi connectivity index (χ2n) is 5.63. The Morgan fingerprint density at radius 2 is 1.50 bits per heavy atom. The van der Waals surface area contributed by atoms with E-state index in [-0.39, 0.29) is 6.04 Å². The van der Waals surface area contributed by atoms with Gasteiger partial charge in [0.05, 0.1) is 11.2 Å². The van der Waals surface area contributed by atoms with E-state index in [1.165, 1.54) is 0 Å². The quantitative estimate of drug-likeness (QED) is 0.339. The second-order valence-corrected chi connectivity index (χ2v) is 11.1. The highest BCUT2D eigenvalue weighted by molar-refractivity contribution is 8.21. The number of hydrogen-bond acceptors (Lipinski definition) is 4. The summed E-state index contributed by atoms with van der Waals surface area (Å²) in [6, 6.07) is 26.5. The zero-order valence-electron chi connectivity index (χ0n) is 14.1. The number of pyridine rings is 1. The Kier molecular flexibility index (Phi) is 7.12. The van der Waals surface area contributed by atoms with Crippen molar-refractivity contribution in [1.29, 1.82) is 0 Å². The van der Waals surface area contributed by atoms with Crippen molar-refractivity contribution < 1.29 is 0 Å². The molecule has 0 saturated heterocycles. The summed E-state index contributed by atoms with van der Waals surface area (Å²) in [5.41, 5.74) is 0. The van der Waals surface area contributed by atoms with Gasteiger partial charge in [0.1, 0.15) is 0 Å². The summed E-state index contributed by atoms with van der Waals surface area (Å²) in [6.45, 7) is 0. The molecule has 0 bridgehead atoms. The van der Waals surface area contributed by atoms with Gasteiger partial charge in [0.25, 0.3) is 0 Å². The molecule has 2 nitrogen and oxygen atoms in total. The lowest BCUT2D eigenvalue weighted by Gasteiger charge is -2.28. The smallest absolute Gasteiger partial charge is 0.0960 e. The Balaban J connectivity index is 1.85. The van der Waals surface area contributed by atoms with E-state index in [2.05, 4.69) is 34.3 Å². The van der Waals surface area contributed by atoms with Crippen molar-refractivity contribution in [1.82, 2.24) is 10.1 Å². The first-order chi connectivity index (χ1) is 12.7. The second kappa shape index (κ2) is 9.54. The molecule has 1 unspecified atom stereocenters. The van der Waals surface area contributed by atoms with Crippen LogP contribution in [-0.4, -0.2) is 22.1 Å². The van der Waals surface area contributed by atoms with Gasteiger partial charge in [0.15, 0.2) is 0 Å². The number of rotatable bonds is 8. The maximum atomic E-state index is 6.22. The zero-order chi connectivity index (χ0) is 18.2. The van der Waals surface area contributed by atoms with Crippen molar-refractivity contribution in [2.24, 2.45) is 0 Å². The Morgan fingerprint density at radius 1 is 0.923 bits per heavy atom. The summed E-state index contributed by atoms with van der Waals surface area (Å²) in [4.78, 5) is 4.37. The number of nitrogens with zero attached hydrogens (tertiary/aromatic N) is 1. The fourth-order valence-electron chi connectivity index (χ4n) is 2.52. The molecular formula is C20H19N2PS3. The third kappa shape index (κ3) is 4.87. The lowest BCUT2D eigenvalue weighted by molar-refractivity contribution is 0.924. The Morgan fingerprint density at radius 3 is 2.00 bits per heavy atom. The average Bonchev–Trinajstić information content (AvgIpc) is 2.73. The van der Waals surface area contributed by atoms with Crippen LogP contribution >= 0.6 is 30.2 Å². The Bertz CT molecular complexity index is 830. The van der Waals surface area contributed by atoms with Crippen molar-refractivity contribution in [3.05, 3.63) is 85.1 Å². The molecule has 0 spiro atoms. The van der Waals surface area contributed by atoms with Crippen molar-refractivity contribution in [2.75, 3.05) is 5.75 Å². The summed E-state index contributed by atoms with van der Waals surface area (Å²) < 4.78 is 0. The average molecular weight is 415 g/mol. The molecule has 3 rings (SSSR count). The van der Waals surface area contributed by atoms with E-state index in [1.54, 1.807) is 23.3 Å². The first-order valence-corrected chi connectivity index (χ1v) is 12.5. The highest BCUT2D eigenvalue weighted by Crippen LogP contribution is 2.40. The summed E-state index contributed by atoms with van der Waals surface area (Å²) in [7, 11) is 0. The zero-order valence-corrected chi connectivity index (χ0v) is 17.4. The maximum absolute atomic E-state index is 6.22. The predicted molar refractivity (Wildman–Crippen MR) is 122 cm³/mol. The largest absolute Gasteiger partial charge is 0.274 e. The van der Waals surface area contributed by atoms with Gasteiger partial charge >= 0.3 is 0 Å². The number of thioether (sulfide) groups is 1. The van der Waals surface area contributed by atoms with Crippen molar-refractivity contribution in [2.45, 2.75) is 11.1 Å². The molecule has 3 aromatic rings. The molecule has 0 amide bonds. The number of nitrogens with one attached hydrogen (secondary N) is 1. The van der Waals surface area contributed by atoms with Crippen LogP contribution in [0.25, 0.3) is 0 Å². The molecule has 1 N–H and O–H groups in total. The molecule has 0 aliphatic heterocycles. The molecule has 0 aliphatic rings. The summed E-state index contributed by atoms with van der Waals surface area (Å²) in [6.07, 6.45) is -0.360. The molecular weight excluding hydrogens is 395 g/mol. The molecule has 0 radical (unpaired) electrons. The molecule has 1 heterocycles. The summed E-state index contributed by atoms with van der Waals surface area (Å²) in [5, 5.41) is 8.76. The van der Waals surface area contributed by atoms with Gasteiger partial charge in [-0.3, -0.25) is 5.09 Å². The Hall–Kier alpha value is -1.36.